The van der Waals surface area contributed by atoms with Gasteiger partial charge >= 0.3 is 0 Å². The monoisotopic (exact) mass is 145 g/mol. The van der Waals surface area contributed by atoms with Crippen molar-refractivity contribution in [2.45, 2.75) is 0 Å². The van der Waals surface area contributed by atoms with Crippen LogP contribution in [-0.2, 0) is 9.59 Å². The standard InChI is InChI=1S/C5H11N3O2/c1-7-3-5(10)8-2-4(6)9/h7H,2-3H2,1H3,(H2,6,9)(H,8,10). The molecule has 5 nitrogen and oxygen atoms in total. The van der Waals surface area contributed by atoms with E-state index in [-0.39, 0.29) is 19.0 Å². The molecule has 0 aromatic heterocycles. The third kappa shape index (κ3) is 5.04. The van der Waals surface area contributed by atoms with Gasteiger partial charge in [-0.05, 0) is 7.05 Å². The normalized spacial score (nSPS) is 8.90. The Morgan fingerprint density at radius 3 is 2.40 bits per heavy atom. The summed E-state index contributed by atoms with van der Waals surface area (Å²) in [5.74, 6) is -0.772. The first-order chi connectivity index (χ1) is 4.66. The first-order valence-corrected chi connectivity index (χ1v) is 2.86. The van der Waals surface area contributed by atoms with Gasteiger partial charge in [-0.15, -0.1) is 0 Å². The summed E-state index contributed by atoms with van der Waals surface area (Å²) >= 11 is 0. The van der Waals surface area contributed by atoms with E-state index in [1.165, 1.54) is 0 Å². The second kappa shape index (κ2) is 4.75. The highest BCUT2D eigenvalue weighted by Gasteiger charge is 1.98. The third-order valence-corrected chi connectivity index (χ3v) is 0.797. The largest absolute Gasteiger partial charge is 0.368 e. The quantitative estimate of drug-likeness (QED) is 0.420. The van der Waals surface area contributed by atoms with E-state index in [0.29, 0.717) is 0 Å². The molecule has 0 radical (unpaired) electrons. The van der Waals surface area contributed by atoms with Crippen LogP contribution in [0.25, 0.3) is 0 Å². The molecular formula is C5H11N3O2. The fourth-order valence-corrected chi connectivity index (χ4v) is 0.409. The summed E-state index contributed by atoms with van der Waals surface area (Å²) < 4.78 is 0. The lowest BCUT2D eigenvalue weighted by atomic mass is 10.5. The number of amides is 2. The first-order valence-electron chi connectivity index (χ1n) is 2.86. The minimum atomic E-state index is -0.538. The highest BCUT2D eigenvalue weighted by molar-refractivity contribution is 5.84. The van der Waals surface area contributed by atoms with Gasteiger partial charge in [0.25, 0.3) is 0 Å². The molecule has 0 bridgehead atoms. The Labute approximate surface area is 59.0 Å². The molecule has 5 heteroatoms. The Hall–Kier alpha value is -1.10. The summed E-state index contributed by atoms with van der Waals surface area (Å²) in [6.45, 7) is 0.105. The second-order valence-corrected chi connectivity index (χ2v) is 1.77. The van der Waals surface area contributed by atoms with E-state index in [2.05, 4.69) is 10.6 Å². The molecule has 0 saturated heterocycles. The van der Waals surface area contributed by atoms with Crippen LogP contribution >= 0.6 is 0 Å². The first kappa shape index (κ1) is 8.90. The average molecular weight is 145 g/mol. The molecule has 0 spiro atoms. The maximum Gasteiger partial charge on any atom is 0.236 e. The molecule has 58 valence electrons. The zero-order valence-corrected chi connectivity index (χ0v) is 5.81. The lowest BCUT2D eigenvalue weighted by Crippen LogP contribution is -2.37. The van der Waals surface area contributed by atoms with Crippen molar-refractivity contribution in [2.75, 3.05) is 20.1 Å². The molecule has 10 heavy (non-hydrogen) atoms. The van der Waals surface area contributed by atoms with Crippen molar-refractivity contribution in [1.82, 2.24) is 10.6 Å². The Balaban J connectivity index is 3.30. The van der Waals surface area contributed by atoms with Crippen molar-refractivity contribution >= 4 is 11.8 Å². The Morgan fingerprint density at radius 1 is 1.40 bits per heavy atom. The van der Waals surface area contributed by atoms with Crippen LogP contribution in [0.15, 0.2) is 0 Å². The van der Waals surface area contributed by atoms with Gasteiger partial charge in [0.05, 0.1) is 13.1 Å². The van der Waals surface area contributed by atoms with Crippen LogP contribution in [0.5, 0.6) is 0 Å². The smallest absolute Gasteiger partial charge is 0.236 e. The zero-order chi connectivity index (χ0) is 7.98. The molecule has 0 aliphatic rings. The van der Waals surface area contributed by atoms with Gasteiger partial charge in [-0.3, -0.25) is 9.59 Å². The van der Waals surface area contributed by atoms with Crippen LogP contribution in [0.4, 0.5) is 0 Å². The summed E-state index contributed by atoms with van der Waals surface area (Å²) in [6, 6.07) is 0. The van der Waals surface area contributed by atoms with E-state index in [0.717, 1.165) is 0 Å². The molecule has 0 rings (SSSR count). The van der Waals surface area contributed by atoms with Crippen molar-refractivity contribution < 1.29 is 9.59 Å². The van der Waals surface area contributed by atoms with Crippen LogP contribution < -0.4 is 16.4 Å². The number of primary amides is 1. The van der Waals surface area contributed by atoms with Gasteiger partial charge in [-0.1, -0.05) is 0 Å². The van der Waals surface area contributed by atoms with Crippen molar-refractivity contribution in [3.8, 4) is 0 Å². The highest BCUT2D eigenvalue weighted by atomic mass is 16.2. The van der Waals surface area contributed by atoms with Gasteiger partial charge in [-0.2, -0.15) is 0 Å². The van der Waals surface area contributed by atoms with Crippen LogP contribution in [0.2, 0.25) is 0 Å². The molecule has 0 aliphatic heterocycles. The van der Waals surface area contributed by atoms with Crippen molar-refractivity contribution in [2.24, 2.45) is 5.73 Å². The number of hydrogen-bond donors (Lipinski definition) is 3. The lowest BCUT2D eigenvalue weighted by Gasteiger charge is -1.99. The molecule has 0 atom stereocenters. The van der Waals surface area contributed by atoms with E-state index in [1.54, 1.807) is 7.05 Å². The SMILES string of the molecule is CNCC(=O)NCC(N)=O. The minimum Gasteiger partial charge on any atom is -0.368 e. The van der Waals surface area contributed by atoms with E-state index in [1.807, 2.05) is 0 Å². The highest BCUT2D eigenvalue weighted by Crippen LogP contribution is 1.60. The summed E-state index contributed by atoms with van der Waals surface area (Å²) in [4.78, 5) is 20.7. The fourth-order valence-electron chi connectivity index (χ4n) is 0.409. The fraction of sp³-hybridized carbons (Fsp3) is 0.600. The van der Waals surface area contributed by atoms with Gasteiger partial charge in [0.15, 0.2) is 0 Å². The number of likely N-dealkylation sites (N-methyl/N-ethyl adjacent to an activating group) is 1. The minimum absolute atomic E-state index is 0.0967. The molecule has 4 N–H and O–H groups in total. The van der Waals surface area contributed by atoms with Crippen LogP contribution in [0.1, 0.15) is 0 Å². The molecular weight excluding hydrogens is 134 g/mol. The van der Waals surface area contributed by atoms with Crippen LogP contribution in [0.3, 0.4) is 0 Å². The van der Waals surface area contributed by atoms with Gasteiger partial charge in [0, 0.05) is 0 Å². The molecule has 0 aliphatic carbocycles. The number of carbonyl (C=O) groups excluding carboxylic acids is 2. The summed E-state index contributed by atoms with van der Waals surface area (Å²) in [6.07, 6.45) is 0. The second-order valence-electron chi connectivity index (χ2n) is 1.77. The Morgan fingerprint density at radius 2 is 2.00 bits per heavy atom. The third-order valence-electron chi connectivity index (χ3n) is 0.797. The van der Waals surface area contributed by atoms with E-state index in [4.69, 9.17) is 5.73 Å². The zero-order valence-electron chi connectivity index (χ0n) is 5.81. The number of hydrogen-bond acceptors (Lipinski definition) is 3. The van der Waals surface area contributed by atoms with Crippen LogP contribution in [-0.4, -0.2) is 32.0 Å². The predicted octanol–water partition coefficient (Wildman–Crippen LogP) is -2.19. The van der Waals surface area contributed by atoms with Crippen molar-refractivity contribution in [1.29, 1.82) is 0 Å². The predicted molar refractivity (Wildman–Crippen MR) is 36.1 cm³/mol. The van der Waals surface area contributed by atoms with Gasteiger partial charge in [-0.25, -0.2) is 0 Å². The summed E-state index contributed by atoms with van der Waals surface area (Å²) in [5.41, 5.74) is 4.76. The Bertz CT molecular complexity index is 135. The van der Waals surface area contributed by atoms with Crippen molar-refractivity contribution in [3.63, 3.8) is 0 Å². The number of rotatable bonds is 4. The topological polar surface area (TPSA) is 84.2 Å². The number of nitrogens with one attached hydrogen (secondary N) is 2. The Kier molecular flexibility index (Phi) is 4.23. The van der Waals surface area contributed by atoms with E-state index in [9.17, 15) is 9.59 Å². The molecule has 0 unspecified atom stereocenters. The van der Waals surface area contributed by atoms with E-state index < -0.39 is 5.91 Å². The summed E-state index contributed by atoms with van der Waals surface area (Å²) in [7, 11) is 1.64. The van der Waals surface area contributed by atoms with Gasteiger partial charge < -0.3 is 16.4 Å². The molecule has 0 heterocycles. The number of nitrogens with two attached hydrogens (primary N) is 1. The molecule has 2 amide bonds. The average Bonchev–Trinajstić information content (AvgIpc) is 1.85. The van der Waals surface area contributed by atoms with E-state index >= 15 is 0 Å². The maximum atomic E-state index is 10.6. The number of carbonyl (C=O) groups is 2. The van der Waals surface area contributed by atoms with Crippen LogP contribution in [0, 0.1) is 0 Å². The maximum absolute atomic E-state index is 10.6. The molecule has 0 aromatic rings. The van der Waals surface area contributed by atoms with Gasteiger partial charge in [0.1, 0.15) is 0 Å². The van der Waals surface area contributed by atoms with Gasteiger partial charge in [0.2, 0.25) is 11.8 Å². The van der Waals surface area contributed by atoms with Crippen molar-refractivity contribution in [3.05, 3.63) is 0 Å². The summed E-state index contributed by atoms with van der Waals surface area (Å²) in [5, 5.41) is 4.93. The molecule has 0 fully saturated rings. The molecule has 0 saturated carbocycles. The lowest BCUT2D eigenvalue weighted by molar-refractivity contribution is -0.124. The molecule has 0 aromatic carbocycles.